The number of halogens is 1. The summed E-state index contributed by atoms with van der Waals surface area (Å²) >= 11 is 5.19. The summed E-state index contributed by atoms with van der Waals surface area (Å²) in [5, 5.41) is 7.95. The van der Waals surface area contributed by atoms with Crippen molar-refractivity contribution in [3.05, 3.63) is 0 Å². The molecule has 50 valence electrons. The van der Waals surface area contributed by atoms with Gasteiger partial charge in [0.2, 0.25) is 0 Å². The average molecular weight is 148 g/mol. The summed E-state index contributed by atoms with van der Waals surface area (Å²) in [6.45, 7) is 0.183. The molecular formula is C5H6ClNO2. The maximum atomic E-state index is 10.3. The Labute approximate surface area is 58.2 Å². The first-order valence-electron chi connectivity index (χ1n) is 2.39. The molecule has 0 bridgehead atoms. The lowest BCUT2D eigenvalue weighted by atomic mass is 10.5. The summed E-state index contributed by atoms with van der Waals surface area (Å²) in [6.07, 6.45) is -0.198. The molecule has 0 atom stereocenters. The third kappa shape index (κ3) is 5.12. The topological polar surface area (TPSA) is 50.1 Å². The number of ether oxygens (including phenoxy) is 1. The Bertz CT molecular complexity index is 129. The minimum absolute atomic E-state index is 0.183. The molecule has 4 heteroatoms. The monoisotopic (exact) mass is 147 g/mol. The van der Waals surface area contributed by atoms with Crippen molar-refractivity contribution >= 4 is 17.6 Å². The minimum atomic E-state index is -0.516. The average Bonchev–Trinajstić information content (AvgIpc) is 1.85. The van der Waals surface area contributed by atoms with Crippen LogP contribution >= 0.6 is 11.6 Å². The summed E-state index contributed by atoms with van der Waals surface area (Å²) in [6, 6.07) is 1.66. The van der Waals surface area contributed by atoms with Gasteiger partial charge >= 0.3 is 5.97 Å². The van der Waals surface area contributed by atoms with E-state index in [1.807, 2.05) is 0 Å². The molecule has 0 saturated heterocycles. The van der Waals surface area contributed by atoms with Gasteiger partial charge in [0.25, 0.3) is 0 Å². The van der Waals surface area contributed by atoms with Crippen molar-refractivity contribution in [2.24, 2.45) is 0 Å². The molecule has 9 heavy (non-hydrogen) atoms. The molecule has 0 rings (SSSR count). The molecule has 0 aliphatic rings. The maximum absolute atomic E-state index is 10.3. The molecule has 0 radical (unpaired) electrons. The molecular weight excluding hydrogens is 142 g/mol. The van der Waals surface area contributed by atoms with Gasteiger partial charge in [-0.15, -0.1) is 11.6 Å². The molecule has 0 saturated carbocycles. The highest BCUT2D eigenvalue weighted by atomic mass is 35.5. The van der Waals surface area contributed by atoms with Gasteiger partial charge in [-0.1, -0.05) is 0 Å². The van der Waals surface area contributed by atoms with Crippen molar-refractivity contribution in [2.45, 2.75) is 6.42 Å². The van der Waals surface area contributed by atoms with Gasteiger partial charge in [-0.25, -0.2) is 0 Å². The van der Waals surface area contributed by atoms with Crippen molar-refractivity contribution < 1.29 is 9.53 Å². The highest BCUT2D eigenvalue weighted by molar-refractivity contribution is 6.18. The summed E-state index contributed by atoms with van der Waals surface area (Å²) in [5.41, 5.74) is 0. The van der Waals surface area contributed by atoms with E-state index >= 15 is 0 Å². The molecule has 0 aliphatic heterocycles. The van der Waals surface area contributed by atoms with Crippen LogP contribution in [0, 0.1) is 11.3 Å². The van der Waals surface area contributed by atoms with Gasteiger partial charge in [0, 0.05) is 0 Å². The number of rotatable bonds is 3. The molecule has 0 unspecified atom stereocenters. The van der Waals surface area contributed by atoms with E-state index in [1.165, 1.54) is 0 Å². The third-order valence-corrected chi connectivity index (χ3v) is 0.718. The van der Waals surface area contributed by atoms with Crippen molar-refractivity contribution in [1.29, 1.82) is 5.26 Å². The van der Waals surface area contributed by atoms with E-state index in [-0.39, 0.29) is 18.9 Å². The highest BCUT2D eigenvalue weighted by Crippen LogP contribution is 1.84. The van der Waals surface area contributed by atoms with Crippen molar-refractivity contribution in [3.8, 4) is 6.07 Å². The number of carbonyl (C=O) groups is 1. The summed E-state index contributed by atoms with van der Waals surface area (Å²) in [5.74, 6) is -0.241. The van der Waals surface area contributed by atoms with E-state index < -0.39 is 5.97 Å². The zero-order chi connectivity index (χ0) is 7.11. The molecule has 0 aromatic carbocycles. The standard InChI is InChI=1S/C5H6ClNO2/c6-2-4-9-5(8)1-3-7/h1-2,4H2. The van der Waals surface area contributed by atoms with Crippen LogP contribution in [0.5, 0.6) is 0 Å². The number of esters is 1. The molecule has 0 aromatic rings. The number of nitrogens with zero attached hydrogens (tertiary/aromatic N) is 1. The zero-order valence-corrected chi connectivity index (χ0v) is 5.52. The first-order valence-corrected chi connectivity index (χ1v) is 2.93. The fourth-order valence-electron chi connectivity index (χ4n) is 0.268. The molecule has 0 aromatic heterocycles. The summed E-state index contributed by atoms with van der Waals surface area (Å²) in [4.78, 5) is 10.3. The lowest BCUT2D eigenvalue weighted by Crippen LogP contribution is -2.04. The predicted octanol–water partition coefficient (Wildman–Crippen LogP) is 0.682. The minimum Gasteiger partial charge on any atom is -0.464 e. The Kier molecular flexibility index (Phi) is 4.94. The second-order valence-corrected chi connectivity index (χ2v) is 1.62. The van der Waals surface area contributed by atoms with Gasteiger partial charge in [0.05, 0.1) is 11.9 Å². The fraction of sp³-hybridized carbons (Fsp3) is 0.600. The fourth-order valence-corrected chi connectivity index (χ4v) is 0.345. The summed E-state index contributed by atoms with van der Waals surface area (Å²) in [7, 11) is 0. The van der Waals surface area contributed by atoms with Crippen LogP contribution in [-0.2, 0) is 9.53 Å². The second-order valence-electron chi connectivity index (χ2n) is 1.24. The second kappa shape index (κ2) is 5.39. The first kappa shape index (κ1) is 8.25. The van der Waals surface area contributed by atoms with Gasteiger partial charge < -0.3 is 4.74 Å². The van der Waals surface area contributed by atoms with Gasteiger partial charge in [-0.3, -0.25) is 4.79 Å². The number of hydrogen-bond acceptors (Lipinski definition) is 3. The van der Waals surface area contributed by atoms with Crippen molar-refractivity contribution in [2.75, 3.05) is 12.5 Å². The van der Waals surface area contributed by atoms with Gasteiger partial charge in [-0.05, 0) is 0 Å². The van der Waals surface area contributed by atoms with Gasteiger partial charge in [-0.2, -0.15) is 5.26 Å². The van der Waals surface area contributed by atoms with Gasteiger partial charge in [0.1, 0.15) is 13.0 Å². The first-order chi connectivity index (χ1) is 4.31. The third-order valence-electron chi connectivity index (χ3n) is 0.564. The zero-order valence-electron chi connectivity index (χ0n) is 4.76. The van der Waals surface area contributed by atoms with E-state index in [4.69, 9.17) is 16.9 Å². The Morgan fingerprint density at radius 1 is 1.78 bits per heavy atom. The summed E-state index contributed by atoms with van der Waals surface area (Å²) < 4.78 is 4.44. The SMILES string of the molecule is N#CCC(=O)OCCCl. The molecule has 0 N–H and O–H groups in total. The highest BCUT2D eigenvalue weighted by Gasteiger charge is 1.97. The number of carbonyl (C=O) groups excluding carboxylic acids is 1. The molecule has 3 nitrogen and oxygen atoms in total. The molecule has 0 spiro atoms. The lowest BCUT2D eigenvalue weighted by molar-refractivity contribution is -0.141. The molecule has 0 fully saturated rings. The van der Waals surface area contributed by atoms with E-state index in [9.17, 15) is 4.79 Å². The van der Waals surface area contributed by atoms with Crippen LogP contribution in [0.25, 0.3) is 0 Å². The van der Waals surface area contributed by atoms with E-state index in [1.54, 1.807) is 6.07 Å². The van der Waals surface area contributed by atoms with E-state index in [2.05, 4.69) is 4.74 Å². The molecule has 0 amide bonds. The van der Waals surface area contributed by atoms with Crippen LogP contribution in [-0.4, -0.2) is 18.5 Å². The van der Waals surface area contributed by atoms with Crippen molar-refractivity contribution in [3.63, 3.8) is 0 Å². The number of nitriles is 1. The maximum Gasteiger partial charge on any atom is 0.320 e. The Balaban J connectivity index is 3.19. The molecule has 0 aliphatic carbocycles. The van der Waals surface area contributed by atoms with E-state index in [0.29, 0.717) is 0 Å². The number of alkyl halides is 1. The smallest absolute Gasteiger partial charge is 0.320 e. The van der Waals surface area contributed by atoms with Crippen LogP contribution in [0.15, 0.2) is 0 Å². The van der Waals surface area contributed by atoms with E-state index in [0.717, 1.165) is 0 Å². The number of hydrogen-bond donors (Lipinski definition) is 0. The Morgan fingerprint density at radius 2 is 2.44 bits per heavy atom. The normalized spacial score (nSPS) is 8.00. The molecule has 0 heterocycles. The Hall–Kier alpha value is -0.750. The van der Waals surface area contributed by atoms with Crippen LogP contribution < -0.4 is 0 Å². The Morgan fingerprint density at radius 3 is 2.89 bits per heavy atom. The van der Waals surface area contributed by atoms with Crippen LogP contribution in [0.4, 0.5) is 0 Å². The van der Waals surface area contributed by atoms with Crippen LogP contribution in [0.1, 0.15) is 6.42 Å². The van der Waals surface area contributed by atoms with Crippen molar-refractivity contribution in [1.82, 2.24) is 0 Å². The van der Waals surface area contributed by atoms with Crippen LogP contribution in [0.3, 0.4) is 0 Å². The largest absolute Gasteiger partial charge is 0.464 e. The lowest BCUT2D eigenvalue weighted by Gasteiger charge is -1.95. The van der Waals surface area contributed by atoms with Crippen LogP contribution in [0.2, 0.25) is 0 Å². The van der Waals surface area contributed by atoms with Gasteiger partial charge in [0.15, 0.2) is 0 Å². The predicted molar refractivity (Wildman–Crippen MR) is 31.9 cm³/mol. The quantitative estimate of drug-likeness (QED) is 0.436.